The van der Waals surface area contributed by atoms with Gasteiger partial charge in [0, 0.05) is 19.2 Å². The maximum absolute atomic E-state index is 12.7. The predicted molar refractivity (Wildman–Crippen MR) is 104 cm³/mol. The van der Waals surface area contributed by atoms with Crippen molar-refractivity contribution in [3.63, 3.8) is 0 Å². The first-order valence-corrected chi connectivity index (χ1v) is 10.7. The van der Waals surface area contributed by atoms with Crippen LogP contribution >= 0.6 is 0 Å². The van der Waals surface area contributed by atoms with Gasteiger partial charge in [-0.3, -0.25) is 4.79 Å². The maximum Gasteiger partial charge on any atom is 0.240 e. The van der Waals surface area contributed by atoms with Crippen molar-refractivity contribution in [1.82, 2.24) is 4.72 Å². The van der Waals surface area contributed by atoms with Crippen LogP contribution in [0.4, 0.5) is 5.69 Å². The Morgan fingerprint density at radius 2 is 2.00 bits per heavy atom. The summed E-state index contributed by atoms with van der Waals surface area (Å²) < 4.78 is 39.5. The number of hydrogen-bond donors (Lipinski definition) is 1. The highest BCUT2D eigenvalue weighted by Crippen LogP contribution is 2.31. The number of nitrogens with zero attached hydrogens (tertiary/aromatic N) is 1. The second-order valence-corrected chi connectivity index (χ2v) is 8.68. The van der Waals surface area contributed by atoms with Crippen molar-refractivity contribution in [3.05, 3.63) is 48.0 Å². The molecule has 0 bridgehead atoms. The van der Waals surface area contributed by atoms with E-state index in [1.165, 1.54) is 13.0 Å². The third-order valence-electron chi connectivity index (χ3n) is 4.93. The zero-order valence-electron chi connectivity index (χ0n) is 15.6. The molecule has 2 aromatic carbocycles. The van der Waals surface area contributed by atoms with Crippen LogP contribution in [0.3, 0.4) is 0 Å². The first kappa shape index (κ1) is 18.8. The number of nitrogens with one attached hydrogen (secondary N) is 1. The molecular formula is C20H22N2O5S. The van der Waals surface area contributed by atoms with E-state index >= 15 is 0 Å². The molecule has 8 heteroatoms. The fourth-order valence-corrected chi connectivity index (χ4v) is 4.63. The van der Waals surface area contributed by atoms with Gasteiger partial charge in [0.05, 0.1) is 11.4 Å². The molecule has 0 fully saturated rings. The molecular weight excluding hydrogens is 380 g/mol. The number of ether oxygens (including phenoxy) is 2. The zero-order valence-corrected chi connectivity index (χ0v) is 16.4. The standard InChI is InChI=1S/C20H22N2O5S/c1-14(23)22-10-4-5-15-11-17(8-9-18(15)22)28(24,25)21-12-16-13-26-19-6-2-3-7-20(19)27-16/h2-3,6-9,11,16,21H,4-5,10,12-13H2,1H3/t16-/m0/s1. The van der Waals surface area contributed by atoms with Gasteiger partial charge in [0.15, 0.2) is 11.5 Å². The lowest BCUT2D eigenvalue weighted by atomic mass is 10.0. The molecule has 1 N–H and O–H groups in total. The van der Waals surface area contributed by atoms with E-state index in [9.17, 15) is 13.2 Å². The number of anilines is 1. The van der Waals surface area contributed by atoms with Gasteiger partial charge in [-0.25, -0.2) is 13.1 Å². The summed E-state index contributed by atoms with van der Waals surface area (Å²) in [5.41, 5.74) is 1.66. The van der Waals surface area contributed by atoms with Gasteiger partial charge in [-0.2, -0.15) is 0 Å². The summed E-state index contributed by atoms with van der Waals surface area (Å²) in [5.74, 6) is 1.23. The Bertz CT molecular complexity index is 1010. The molecule has 7 nitrogen and oxygen atoms in total. The molecule has 28 heavy (non-hydrogen) atoms. The lowest BCUT2D eigenvalue weighted by Gasteiger charge is -2.29. The number of aryl methyl sites for hydroxylation is 1. The zero-order chi connectivity index (χ0) is 19.7. The summed E-state index contributed by atoms with van der Waals surface area (Å²) in [7, 11) is -3.70. The Hall–Kier alpha value is -2.58. The second-order valence-electron chi connectivity index (χ2n) is 6.91. The third-order valence-corrected chi connectivity index (χ3v) is 6.35. The number of amides is 1. The highest BCUT2D eigenvalue weighted by Gasteiger charge is 2.25. The number of fused-ring (bicyclic) bond motifs is 2. The van der Waals surface area contributed by atoms with Gasteiger partial charge in [0.2, 0.25) is 15.9 Å². The van der Waals surface area contributed by atoms with Crippen LogP contribution < -0.4 is 19.1 Å². The van der Waals surface area contributed by atoms with E-state index in [-0.39, 0.29) is 24.0 Å². The molecule has 0 aliphatic carbocycles. The Kier molecular flexibility index (Phi) is 4.99. The monoisotopic (exact) mass is 402 g/mol. The summed E-state index contributed by atoms with van der Waals surface area (Å²) in [4.78, 5) is 13.7. The topological polar surface area (TPSA) is 84.9 Å². The molecule has 0 spiro atoms. The van der Waals surface area contributed by atoms with E-state index in [2.05, 4.69) is 4.72 Å². The Morgan fingerprint density at radius 1 is 1.21 bits per heavy atom. The summed E-state index contributed by atoms with van der Waals surface area (Å²) in [5, 5.41) is 0. The van der Waals surface area contributed by atoms with E-state index in [4.69, 9.17) is 9.47 Å². The van der Waals surface area contributed by atoms with Crippen molar-refractivity contribution in [1.29, 1.82) is 0 Å². The molecule has 4 rings (SSSR count). The van der Waals surface area contributed by atoms with Gasteiger partial charge >= 0.3 is 0 Å². The molecule has 0 saturated carbocycles. The molecule has 0 radical (unpaired) electrons. The molecule has 1 atom stereocenters. The van der Waals surface area contributed by atoms with E-state index in [1.54, 1.807) is 23.1 Å². The first-order valence-electron chi connectivity index (χ1n) is 9.23. The van der Waals surface area contributed by atoms with Gasteiger partial charge in [0.1, 0.15) is 12.7 Å². The fraction of sp³-hybridized carbons (Fsp3) is 0.350. The summed E-state index contributed by atoms with van der Waals surface area (Å²) in [6, 6.07) is 12.2. The normalized spacial score (nSPS) is 18.5. The Balaban J connectivity index is 1.46. The second kappa shape index (κ2) is 7.44. The molecule has 0 saturated heterocycles. The minimum absolute atomic E-state index is 0.0376. The summed E-state index contributed by atoms with van der Waals surface area (Å²) >= 11 is 0. The minimum atomic E-state index is -3.70. The number of sulfonamides is 1. The van der Waals surface area contributed by atoms with E-state index < -0.39 is 16.1 Å². The van der Waals surface area contributed by atoms with Crippen LogP contribution in [0, 0.1) is 0 Å². The van der Waals surface area contributed by atoms with Crippen LogP contribution in [0.15, 0.2) is 47.4 Å². The van der Waals surface area contributed by atoms with Crippen LogP contribution in [0.2, 0.25) is 0 Å². The highest BCUT2D eigenvalue weighted by molar-refractivity contribution is 7.89. The van der Waals surface area contributed by atoms with Crippen LogP contribution in [0.25, 0.3) is 0 Å². The van der Waals surface area contributed by atoms with Crippen LogP contribution in [-0.4, -0.2) is 40.1 Å². The van der Waals surface area contributed by atoms with Crippen LogP contribution in [-0.2, 0) is 21.2 Å². The minimum Gasteiger partial charge on any atom is -0.486 e. The molecule has 1 amide bonds. The Morgan fingerprint density at radius 3 is 2.79 bits per heavy atom. The van der Waals surface area contributed by atoms with E-state index in [0.717, 1.165) is 24.1 Å². The van der Waals surface area contributed by atoms with Crippen molar-refractivity contribution in [2.45, 2.75) is 30.8 Å². The smallest absolute Gasteiger partial charge is 0.240 e. The molecule has 2 aromatic rings. The molecule has 0 unspecified atom stereocenters. The average Bonchev–Trinajstić information content (AvgIpc) is 2.71. The van der Waals surface area contributed by atoms with Crippen LogP contribution in [0.1, 0.15) is 18.9 Å². The largest absolute Gasteiger partial charge is 0.486 e. The summed E-state index contributed by atoms with van der Waals surface area (Å²) in [6.45, 7) is 2.56. The quantitative estimate of drug-likeness (QED) is 0.847. The SMILES string of the molecule is CC(=O)N1CCCc2cc(S(=O)(=O)NC[C@H]3COc4ccccc4O3)ccc21. The van der Waals surface area contributed by atoms with Gasteiger partial charge in [0.25, 0.3) is 0 Å². The maximum atomic E-state index is 12.7. The number of hydrogen-bond acceptors (Lipinski definition) is 5. The molecule has 2 aliphatic rings. The van der Waals surface area contributed by atoms with Crippen molar-refractivity contribution in [2.75, 3.05) is 24.6 Å². The first-order chi connectivity index (χ1) is 13.4. The van der Waals surface area contributed by atoms with Gasteiger partial charge in [-0.1, -0.05) is 12.1 Å². The number of carbonyl (C=O) groups is 1. The molecule has 2 heterocycles. The fourth-order valence-electron chi connectivity index (χ4n) is 3.52. The predicted octanol–water partition coefficient (Wildman–Crippen LogP) is 2.10. The third kappa shape index (κ3) is 3.70. The van der Waals surface area contributed by atoms with Crippen molar-refractivity contribution < 1.29 is 22.7 Å². The number of rotatable bonds is 4. The van der Waals surface area contributed by atoms with Crippen LogP contribution in [0.5, 0.6) is 11.5 Å². The number of carbonyl (C=O) groups excluding carboxylic acids is 1. The molecule has 2 aliphatic heterocycles. The highest BCUT2D eigenvalue weighted by atomic mass is 32.2. The number of para-hydroxylation sites is 2. The lowest BCUT2D eigenvalue weighted by molar-refractivity contribution is -0.116. The average molecular weight is 402 g/mol. The van der Waals surface area contributed by atoms with Crippen molar-refractivity contribution in [2.24, 2.45) is 0 Å². The molecule has 0 aromatic heterocycles. The van der Waals surface area contributed by atoms with Gasteiger partial charge in [-0.15, -0.1) is 0 Å². The van der Waals surface area contributed by atoms with E-state index in [0.29, 0.717) is 18.0 Å². The number of benzene rings is 2. The Labute approximate surface area is 164 Å². The van der Waals surface area contributed by atoms with Gasteiger partial charge in [-0.05, 0) is 48.7 Å². The van der Waals surface area contributed by atoms with E-state index in [1.807, 2.05) is 18.2 Å². The van der Waals surface area contributed by atoms with Crippen molar-refractivity contribution >= 4 is 21.6 Å². The lowest BCUT2D eigenvalue weighted by Crippen LogP contribution is -2.40. The molecule has 148 valence electrons. The van der Waals surface area contributed by atoms with Crippen molar-refractivity contribution in [3.8, 4) is 11.5 Å². The summed E-state index contributed by atoms with van der Waals surface area (Å²) in [6.07, 6.45) is 1.16. The van der Waals surface area contributed by atoms with Gasteiger partial charge < -0.3 is 14.4 Å².